The molecule has 2 saturated heterocycles. The third-order valence-electron chi connectivity index (χ3n) is 9.22. The van der Waals surface area contributed by atoms with Crippen molar-refractivity contribution in [3.05, 3.63) is 71.8 Å². The van der Waals surface area contributed by atoms with Gasteiger partial charge in [0.05, 0.1) is 12.1 Å². The molecule has 82 heavy (non-hydrogen) atoms. The maximum absolute atomic E-state index is 12.8. The van der Waals surface area contributed by atoms with E-state index in [1.54, 1.807) is 0 Å². The first kappa shape index (κ1) is 137. The van der Waals surface area contributed by atoms with E-state index in [2.05, 4.69) is 113 Å². The van der Waals surface area contributed by atoms with Crippen LogP contribution in [0.5, 0.6) is 0 Å². The van der Waals surface area contributed by atoms with Crippen LogP contribution < -0.4 is 0 Å². The van der Waals surface area contributed by atoms with Gasteiger partial charge in [0.15, 0.2) is 0 Å². The van der Waals surface area contributed by atoms with Crippen molar-refractivity contribution in [3.63, 3.8) is 0 Å². The molecule has 0 unspecified atom stereocenters. The quantitative estimate of drug-likeness (QED) is 0.246. The third-order valence-corrected chi connectivity index (χ3v) is 9.22. The Morgan fingerprint density at radius 3 is 0.756 bits per heavy atom. The van der Waals surface area contributed by atoms with Gasteiger partial charge < -0.3 is 9.80 Å². The summed E-state index contributed by atoms with van der Waals surface area (Å²) in [6, 6.07) is 22.5. The molecule has 5 nitrogen and oxygen atoms in total. The summed E-state index contributed by atoms with van der Waals surface area (Å²) in [5.41, 5.74) is 2.65. The van der Waals surface area contributed by atoms with Gasteiger partial charge >= 0.3 is 0 Å². The van der Waals surface area contributed by atoms with Gasteiger partial charge in [-0.2, -0.15) is 0 Å². The summed E-state index contributed by atoms with van der Waals surface area (Å²) in [6.07, 6.45) is 0. The predicted octanol–water partition coefficient (Wildman–Crippen LogP) is 23.9. The molecule has 48 heteroatoms. The van der Waals surface area contributed by atoms with E-state index in [0.717, 1.165) is 18.4 Å². The molecule has 4 rings (SSSR count). The number of carbonyl (C=O) groups excluding carboxylic acids is 1. The van der Waals surface area contributed by atoms with Crippen LogP contribution >= 0.6 is 0 Å². The van der Waals surface area contributed by atoms with Crippen molar-refractivity contribution >= 4 is 5.91 Å². The van der Waals surface area contributed by atoms with Crippen LogP contribution in [0.4, 0.5) is 197 Å². The van der Waals surface area contributed by atoms with Crippen molar-refractivity contribution in [2.45, 2.75) is 65.7 Å². The molecule has 0 aromatic heterocycles. The van der Waals surface area contributed by atoms with Crippen LogP contribution in [0, 0.1) is 23.7 Å². The zero-order chi connectivity index (χ0) is 70.9. The molecule has 0 radical (unpaired) electrons. The molecule has 2 aliphatic rings. The number of hydrogen-bond donors (Lipinski definition) is 0. The van der Waals surface area contributed by atoms with E-state index in [-0.39, 0.29) is 22.7 Å². The van der Waals surface area contributed by atoms with Gasteiger partial charge in [0, 0.05) is 230 Å². The number of likely N-dealkylation sites (N-methyl/N-ethyl adjacent to an activating group) is 2. The predicted molar refractivity (Wildman–Crippen MR) is 214 cm³/mol. The summed E-state index contributed by atoms with van der Waals surface area (Å²) in [7, 11) is 8.46. The summed E-state index contributed by atoms with van der Waals surface area (Å²) in [4.78, 5) is 21.9. The molecule has 1 amide bonds. The molecule has 2 fully saturated rings. The first-order valence-electron chi connectivity index (χ1n) is 17.9. The third kappa shape index (κ3) is 81.3. The Labute approximate surface area is 437 Å². The smallest absolute Gasteiger partial charge is 0.240 e. The first-order chi connectivity index (χ1) is 39.4. The van der Waals surface area contributed by atoms with Crippen molar-refractivity contribution in [2.75, 3.05) is 47.8 Å². The number of carbonyl (C=O) groups is 1. The average molecular weight is 1350 g/mol. The zero-order valence-electron chi connectivity index (χ0n) is 42.5. The van der Waals surface area contributed by atoms with Gasteiger partial charge in [-0.05, 0) is 70.9 Å². The highest BCUT2D eigenvalue weighted by atomic mass is 20.0. The lowest BCUT2D eigenvalue weighted by Crippen LogP contribution is -2.41. The highest BCUT2D eigenvalue weighted by molar-refractivity contribution is 5.85. The van der Waals surface area contributed by atoms with Crippen molar-refractivity contribution < 1.29 is 202 Å². The fourth-order valence-electron chi connectivity index (χ4n) is 6.51. The number of hydrogen-bond acceptors (Lipinski definition) is 4. The van der Waals surface area contributed by atoms with Crippen LogP contribution in [0.15, 0.2) is 60.7 Å². The Morgan fingerprint density at radius 2 is 0.573 bits per heavy atom. The summed E-state index contributed by atoms with van der Waals surface area (Å²) in [6.45, 7) is 16.9. The highest BCUT2D eigenvalue weighted by Crippen LogP contribution is 2.35. The van der Waals surface area contributed by atoms with Crippen molar-refractivity contribution in [3.8, 4) is 0 Å². The molecule has 0 aliphatic carbocycles. The zero-order valence-corrected chi connectivity index (χ0v) is 42.5. The van der Waals surface area contributed by atoms with Crippen LogP contribution in [0.3, 0.4) is 0 Å². The van der Waals surface area contributed by atoms with E-state index in [1.807, 2.05) is 37.2 Å². The molecule has 0 bridgehead atoms. The number of halogens is 43. The summed E-state index contributed by atoms with van der Waals surface area (Å²) in [5, 5.41) is 0. The van der Waals surface area contributed by atoms with Crippen LogP contribution in [0.2, 0.25) is 0 Å². The van der Waals surface area contributed by atoms with Gasteiger partial charge in [-0.1, -0.05) is 88.4 Å². The summed E-state index contributed by atoms with van der Waals surface area (Å²) < 4.78 is 336. The number of amides is 1. The van der Waals surface area contributed by atoms with E-state index >= 15 is 0 Å². The molecule has 2 heterocycles. The fraction of sp³-hybridized carbons (Fsp3) is 0.618. The van der Waals surface area contributed by atoms with E-state index in [1.165, 1.54) is 24.2 Å². The Kier molecular flexibility index (Phi) is 254. The lowest BCUT2D eigenvalue weighted by molar-refractivity contribution is -0.133. The summed E-state index contributed by atoms with van der Waals surface area (Å²) in [5.74, 6) is 2.72. The van der Waals surface area contributed by atoms with E-state index < -0.39 is 0 Å². The fourth-order valence-corrected chi connectivity index (χ4v) is 6.51. The largest absolute Gasteiger partial charge is 0.334 e. The van der Waals surface area contributed by atoms with Gasteiger partial charge in [-0.3, -0.25) is 19.3 Å². The topological polar surface area (TPSA) is 30.0 Å². The van der Waals surface area contributed by atoms with Gasteiger partial charge in [-0.25, -0.2) is 0 Å². The lowest BCUT2D eigenvalue weighted by Gasteiger charge is -2.27. The maximum atomic E-state index is 12.8. The number of rotatable bonds is 8. The van der Waals surface area contributed by atoms with E-state index in [4.69, 9.17) is 192 Å². The van der Waals surface area contributed by atoms with Crippen LogP contribution in [0.1, 0.15) is 64.8 Å². The molecular formula is C34H55F43N4O. The molecule has 2 aliphatic heterocycles. The molecular weight excluding hydrogens is 1300 g/mol. The van der Waals surface area contributed by atoms with E-state index in [0.29, 0.717) is 23.9 Å². The molecule has 2 aromatic rings. The Balaban J connectivity index is -0.0000000316. The molecule has 6 atom stereocenters. The second-order valence-corrected chi connectivity index (χ2v) is 12.9. The minimum absolute atomic E-state index is 0. The SMILES string of the molecule is CC(C)[C@H]1CN([C@H](C)c2ccccc2)C(=O)[C@H]1N(C)C.CC(C)[C@H]1CN([C@H](C)c2ccccc2)C[C@H]1N(C)C.F.FF.FF.FF.FF.FF.FF.FF.FF.FF.FF.FF.FF.FF.FF.FF.FF.FF.FF.FF.FF.FF. The van der Waals surface area contributed by atoms with Gasteiger partial charge in [-0.15, -0.1) is 0 Å². The Morgan fingerprint density at radius 1 is 0.341 bits per heavy atom. The second kappa shape index (κ2) is 152. The standard InChI is InChI=1S/C17H26N2O.C17H28N2.21F2.FH/c1-12(2)15-11-19(17(20)16(15)18(4)5)13(3)14-9-7-6-8-10-14;1-13(2)16-11-19(12-17(16)18(4)5)14(3)15-9-7-6-8-10-15;21*1-2;/h6-10,12-13,15-16H,11H2,1-5H3;6-10,13-14,16-17H,11-12H2,1-5H3;;;;;;;;;;;;;;;;;;;;;;1H/t13-,15-,16+;14-,16-,17-;;;;;;;;;;;;;;;;;;;;;;/m11....................../s1. The Hall–Kier alpha value is -5.22. The van der Waals surface area contributed by atoms with Crippen molar-refractivity contribution in [1.82, 2.24) is 19.6 Å². The maximum Gasteiger partial charge on any atom is 0.240 e. The number of nitrogens with zero attached hydrogens (tertiary/aromatic N) is 4. The van der Waals surface area contributed by atoms with Crippen LogP contribution in [0.25, 0.3) is 0 Å². The van der Waals surface area contributed by atoms with Crippen LogP contribution in [-0.2, 0) is 4.79 Å². The van der Waals surface area contributed by atoms with Crippen molar-refractivity contribution in [1.29, 1.82) is 0 Å². The van der Waals surface area contributed by atoms with Crippen LogP contribution in [-0.4, -0.2) is 85.4 Å². The first-order valence-corrected chi connectivity index (χ1v) is 17.9. The minimum Gasteiger partial charge on any atom is -0.334 e. The minimum atomic E-state index is 0. The molecule has 0 spiro atoms. The van der Waals surface area contributed by atoms with Gasteiger partial charge in [0.25, 0.3) is 0 Å². The van der Waals surface area contributed by atoms with Gasteiger partial charge in [0.1, 0.15) is 0 Å². The lowest BCUT2D eigenvalue weighted by atomic mass is 9.90. The average Bonchev–Trinajstić information content (AvgIpc) is 4.22. The number of likely N-dealkylation sites (tertiary alicyclic amines) is 2. The molecule has 2 aromatic carbocycles. The molecule has 0 N–H and O–H groups in total. The van der Waals surface area contributed by atoms with Crippen molar-refractivity contribution in [2.24, 2.45) is 23.7 Å². The molecule has 518 valence electrons. The molecule has 0 saturated carbocycles. The van der Waals surface area contributed by atoms with E-state index in [9.17, 15) is 4.79 Å². The second-order valence-electron chi connectivity index (χ2n) is 12.9. The number of benzene rings is 2. The summed E-state index contributed by atoms with van der Waals surface area (Å²) >= 11 is 0. The normalized spacial score (nSPS) is 13.7. The van der Waals surface area contributed by atoms with Gasteiger partial charge in [0.2, 0.25) is 5.91 Å². The Bertz CT molecular complexity index is 1070. The highest BCUT2D eigenvalue weighted by Gasteiger charge is 2.44. The monoisotopic (exact) mass is 1350 g/mol.